The zero-order valence-corrected chi connectivity index (χ0v) is 23.6. The number of pyridine rings is 1. The Hall–Kier alpha value is -3.47. The maximum Gasteiger partial charge on any atom is 0.413 e. The van der Waals surface area contributed by atoms with Crippen molar-refractivity contribution in [3.8, 4) is 11.6 Å². The normalized spacial score (nSPS) is 25.0. The van der Waals surface area contributed by atoms with E-state index in [1.807, 2.05) is 0 Å². The van der Waals surface area contributed by atoms with Gasteiger partial charge in [-0.25, -0.2) is 18.2 Å². The molecular formula is C32H33F6NO4. The molecule has 5 nitrogen and oxygen atoms in total. The topological polar surface area (TPSA) is 71.8 Å². The van der Waals surface area contributed by atoms with Gasteiger partial charge in [-0.05, 0) is 73.6 Å². The van der Waals surface area contributed by atoms with Crippen molar-refractivity contribution in [2.45, 2.75) is 75.2 Å². The van der Waals surface area contributed by atoms with Gasteiger partial charge in [0, 0.05) is 48.4 Å². The lowest BCUT2D eigenvalue weighted by Crippen LogP contribution is -2.38. The summed E-state index contributed by atoms with van der Waals surface area (Å²) in [6.07, 6.45) is 1.58. The van der Waals surface area contributed by atoms with Crippen LogP contribution in [0.2, 0.25) is 0 Å². The summed E-state index contributed by atoms with van der Waals surface area (Å²) in [5.41, 5.74) is -4.31. The number of fused-ring (bicyclic) bond motifs is 3. The Kier molecular flexibility index (Phi) is 8.32. The van der Waals surface area contributed by atoms with Gasteiger partial charge in [0.05, 0.1) is 24.0 Å². The first-order valence-corrected chi connectivity index (χ1v) is 14.2. The zero-order valence-electron chi connectivity index (χ0n) is 23.6. The number of ether oxygens (including phenoxy) is 2. The SMILES string of the molecule is C=CO.CC1(F)CC(C(F)(F)F)=C(c2c(F)cc(OCCC3(O)CCC3)cc2F)C=C1COc1cc2c(cn1)C1CC1C2. The molecule has 0 radical (unpaired) electrons. The third-order valence-corrected chi connectivity index (χ3v) is 8.75. The minimum Gasteiger partial charge on any atom is -0.516 e. The van der Waals surface area contributed by atoms with Gasteiger partial charge >= 0.3 is 6.18 Å². The first-order valence-electron chi connectivity index (χ1n) is 14.2. The molecule has 0 saturated heterocycles. The number of hydrogen-bond donors (Lipinski definition) is 2. The Morgan fingerprint density at radius 2 is 1.81 bits per heavy atom. The number of aromatic nitrogens is 1. The van der Waals surface area contributed by atoms with E-state index in [0.29, 0.717) is 24.7 Å². The quantitative estimate of drug-likeness (QED) is 0.236. The van der Waals surface area contributed by atoms with Crippen LogP contribution in [0.15, 0.2) is 54.5 Å². The molecule has 0 bridgehead atoms. The van der Waals surface area contributed by atoms with Gasteiger partial charge < -0.3 is 19.7 Å². The van der Waals surface area contributed by atoms with E-state index in [9.17, 15) is 18.3 Å². The third kappa shape index (κ3) is 6.56. The van der Waals surface area contributed by atoms with E-state index < -0.39 is 58.8 Å². The second-order valence-corrected chi connectivity index (χ2v) is 11.9. The summed E-state index contributed by atoms with van der Waals surface area (Å²) >= 11 is 0. The Bertz CT molecular complexity index is 1440. The van der Waals surface area contributed by atoms with Gasteiger partial charge in [0.25, 0.3) is 0 Å². The summed E-state index contributed by atoms with van der Waals surface area (Å²) in [4.78, 5) is 4.26. The molecular weight excluding hydrogens is 576 g/mol. The fraction of sp³-hybridized carbons (Fsp3) is 0.469. The molecule has 0 aliphatic heterocycles. The summed E-state index contributed by atoms with van der Waals surface area (Å²) in [5, 5.41) is 17.5. The van der Waals surface area contributed by atoms with Crippen LogP contribution in [-0.2, 0) is 6.42 Å². The van der Waals surface area contributed by atoms with Crippen LogP contribution in [-0.4, -0.2) is 45.9 Å². The Morgan fingerprint density at radius 1 is 1.14 bits per heavy atom. The number of halogens is 6. The van der Waals surface area contributed by atoms with Crippen molar-refractivity contribution in [2.75, 3.05) is 13.2 Å². The molecule has 232 valence electrons. The van der Waals surface area contributed by atoms with E-state index in [-0.39, 0.29) is 30.2 Å². The molecule has 0 spiro atoms. The minimum atomic E-state index is -5.03. The first-order chi connectivity index (χ1) is 20.2. The van der Waals surface area contributed by atoms with Crippen molar-refractivity contribution >= 4 is 5.57 Å². The highest BCUT2D eigenvalue weighted by Crippen LogP contribution is 2.56. The molecule has 2 aromatic rings. The van der Waals surface area contributed by atoms with Crippen molar-refractivity contribution in [1.82, 2.24) is 4.98 Å². The van der Waals surface area contributed by atoms with Crippen LogP contribution in [0.25, 0.3) is 5.57 Å². The van der Waals surface area contributed by atoms with Crippen LogP contribution >= 0.6 is 0 Å². The number of allylic oxidation sites excluding steroid dienone is 3. The molecule has 3 unspecified atom stereocenters. The fourth-order valence-corrected chi connectivity index (χ4v) is 6.07. The molecule has 1 heterocycles. The molecule has 2 N–H and O–H groups in total. The summed E-state index contributed by atoms with van der Waals surface area (Å²) in [7, 11) is 0. The number of benzene rings is 1. The molecule has 43 heavy (non-hydrogen) atoms. The average Bonchev–Trinajstić information content (AvgIpc) is 3.57. The van der Waals surface area contributed by atoms with Crippen LogP contribution < -0.4 is 9.47 Å². The average molecular weight is 610 g/mol. The van der Waals surface area contributed by atoms with E-state index in [0.717, 1.165) is 56.2 Å². The molecule has 3 atom stereocenters. The number of rotatable bonds is 8. The van der Waals surface area contributed by atoms with Crippen LogP contribution in [0.4, 0.5) is 26.3 Å². The van der Waals surface area contributed by atoms with E-state index in [2.05, 4.69) is 11.6 Å². The molecule has 0 amide bonds. The highest BCUT2D eigenvalue weighted by atomic mass is 19.4. The monoisotopic (exact) mass is 609 g/mol. The molecule has 4 aliphatic rings. The maximum absolute atomic E-state index is 15.6. The van der Waals surface area contributed by atoms with E-state index >= 15 is 13.2 Å². The molecule has 4 aliphatic carbocycles. The van der Waals surface area contributed by atoms with Gasteiger partial charge in [-0.1, -0.05) is 6.58 Å². The summed E-state index contributed by atoms with van der Waals surface area (Å²) in [5.74, 6) is -1.40. The number of hydrogen-bond acceptors (Lipinski definition) is 5. The highest BCUT2D eigenvalue weighted by molar-refractivity contribution is 5.81. The van der Waals surface area contributed by atoms with Gasteiger partial charge in [0.1, 0.15) is 29.7 Å². The lowest BCUT2D eigenvalue weighted by Gasteiger charge is -2.36. The van der Waals surface area contributed by atoms with Crippen LogP contribution in [0.1, 0.15) is 68.1 Å². The van der Waals surface area contributed by atoms with Gasteiger partial charge in [-0.2, -0.15) is 13.2 Å². The van der Waals surface area contributed by atoms with Crippen molar-refractivity contribution in [2.24, 2.45) is 5.92 Å². The second-order valence-electron chi connectivity index (χ2n) is 11.9. The summed E-state index contributed by atoms with van der Waals surface area (Å²) < 4.78 is 99.1. The molecule has 11 heteroatoms. The van der Waals surface area contributed by atoms with Gasteiger partial charge in [0.2, 0.25) is 5.88 Å². The number of aliphatic hydroxyl groups is 2. The lowest BCUT2D eigenvalue weighted by atomic mass is 9.78. The summed E-state index contributed by atoms with van der Waals surface area (Å²) in [6, 6.07) is 3.37. The second kappa shape index (κ2) is 11.6. The molecule has 2 saturated carbocycles. The Morgan fingerprint density at radius 3 is 2.42 bits per heavy atom. The molecule has 1 aromatic carbocycles. The van der Waals surface area contributed by atoms with Crippen LogP contribution in [0, 0.1) is 17.6 Å². The molecule has 2 fully saturated rings. The summed E-state index contributed by atoms with van der Waals surface area (Å²) in [6.45, 7) is 3.46. The van der Waals surface area contributed by atoms with Crippen molar-refractivity contribution in [3.05, 3.63) is 82.8 Å². The predicted molar refractivity (Wildman–Crippen MR) is 148 cm³/mol. The first kappa shape index (κ1) is 31.0. The number of aliphatic hydroxyl groups excluding tert-OH is 1. The lowest BCUT2D eigenvalue weighted by molar-refractivity contribution is -0.0969. The molecule has 1 aromatic heterocycles. The molecule has 6 rings (SSSR count). The smallest absolute Gasteiger partial charge is 0.413 e. The van der Waals surface area contributed by atoms with E-state index in [1.165, 1.54) is 5.56 Å². The predicted octanol–water partition coefficient (Wildman–Crippen LogP) is 7.84. The van der Waals surface area contributed by atoms with Crippen molar-refractivity contribution in [3.63, 3.8) is 0 Å². The van der Waals surface area contributed by atoms with Gasteiger partial charge in [-0.3, -0.25) is 0 Å². The van der Waals surface area contributed by atoms with Gasteiger partial charge in [-0.15, -0.1) is 0 Å². The minimum absolute atomic E-state index is 0.00907. The van der Waals surface area contributed by atoms with Crippen molar-refractivity contribution < 1.29 is 46.0 Å². The Labute approximate surface area is 245 Å². The third-order valence-electron chi connectivity index (χ3n) is 8.75. The number of nitrogens with zero attached hydrogens (tertiary/aromatic N) is 1. The fourth-order valence-electron chi connectivity index (χ4n) is 6.07. The van der Waals surface area contributed by atoms with Crippen molar-refractivity contribution in [1.29, 1.82) is 0 Å². The van der Waals surface area contributed by atoms with E-state index in [1.54, 1.807) is 12.3 Å². The maximum atomic E-state index is 15.6. The van der Waals surface area contributed by atoms with Crippen LogP contribution in [0.5, 0.6) is 11.6 Å². The van der Waals surface area contributed by atoms with Crippen LogP contribution in [0.3, 0.4) is 0 Å². The largest absolute Gasteiger partial charge is 0.516 e. The highest BCUT2D eigenvalue weighted by Gasteiger charge is 2.47. The standard InChI is InChI=1S/C30H29F6NO3.C2H4O/c1-28(33)13-23(30(34,35)36)21(10-18(28)15-40-26-9-17-7-16-8-20(16)22(17)14-37-26)27-24(31)11-19(12-25(27)32)39-6-5-29(38)3-2-4-29;1-2-3/h9-12,14,16,20,38H,2-8,13,15H2,1H3;2-3H,1H2. The Balaban J connectivity index is 0.00000118. The number of alkyl halides is 4. The van der Waals surface area contributed by atoms with Gasteiger partial charge in [0.15, 0.2) is 0 Å². The zero-order chi connectivity index (χ0) is 31.2. The van der Waals surface area contributed by atoms with E-state index in [4.69, 9.17) is 14.6 Å².